The molecule has 0 heterocycles. The molecule has 100 valence electrons. The fourth-order valence-corrected chi connectivity index (χ4v) is 2.42. The third kappa shape index (κ3) is 2.64. The SMILES string of the molecule is CCC(C)c1cccc(O)c1-c1ccccc1CN. The maximum atomic E-state index is 10.3. The van der Waals surface area contributed by atoms with Crippen LogP contribution in [0.4, 0.5) is 0 Å². The molecule has 0 bridgehead atoms. The molecule has 2 nitrogen and oxygen atoms in total. The highest BCUT2D eigenvalue weighted by Crippen LogP contribution is 2.38. The second-order valence-corrected chi connectivity index (χ2v) is 4.91. The first-order valence-corrected chi connectivity index (χ1v) is 6.79. The molecule has 2 aromatic carbocycles. The van der Waals surface area contributed by atoms with Gasteiger partial charge in [0.1, 0.15) is 5.75 Å². The van der Waals surface area contributed by atoms with Gasteiger partial charge in [-0.25, -0.2) is 0 Å². The van der Waals surface area contributed by atoms with E-state index in [-0.39, 0.29) is 0 Å². The highest BCUT2D eigenvalue weighted by molar-refractivity contribution is 5.76. The maximum absolute atomic E-state index is 10.3. The van der Waals surface area contributed by atoms with Crippen LogP contribution in [0.2, 0.25) is 0 Å². The van der Waals surface area contributed by atoms with Crippen LogP contribution in [0.25, 0.3) is 11.1 Å². The number of nitrogens with two attached hydrogens (primary N) is 1. The standard InChI is InChI=1S/C17H21NO/c1-3-12(2)14-9-6-10-16(19)17(14)15-8-5-4-7-13(15)11-18/h4-10,12,19H,3,11,18H2,1-2H3. The summed E-state index contributed by atoms with van der Waals surface area (Å²) >= 11 is 0. The van der Waals surface area contributed by atoms with Crippen molar-refractivity contribution in [1.82, 2.24) is 0 Å². The van der Waals surface area contributed by atoms with Crippen LogP contribution in [0.3, 0.4) is 0 Å². The van der Waals surface area contributed by atoms with Gasteiger partial charge in [0.25, 0.3) is 0 Å². The van der Waals surface area contributed by atoms with Gasteiger partial charge < -0.3 is 10.8 Å². The van der Waals surface area contributed by atoms with Gasteiger partial charge in [-0.3, -0.25) is 0 Å². The van der Waals surface area contributed by atoms with E-state index in [2.05, 4.69) is 19.9 Å². The van der Waals surface area contributed by atoms with E-state index >= 15 is 0 Å². The Hall–Kier alpha value is -1.80. The van der Waals surface area contributed by atoms with Crippen molar-refractivity contribution in [3.63, 3.8) is 0 Å². The van der Waals surface area contributed by atoms with E-state index in [1.807, 2.05) is 30.3 Å². The van der Waals surface area contributed by atoms with Gasteiger partial charge in [0.15, 0.2) is 0 Å². The summed E-state index contributed by atoms with van der Waals surface area (Å²) in [6.07, 6.45) is 1.04. The van der Waals surface area contributed by atoms with E-state index in [0.717, 1.165) is 23.1 Å². The molecule has 1 unspecified atom stereocenters. The van der Waals surface area contributed by atoms with E-state index in [0.29, 0.717) is 18.2 Å². The summed E-state index contributed by atoms with van der Waals surface area (Å²) in [6, 6.07) is 13.8. The van der Waals surface area contributed by atoms with Gasteiger partial charge in [-0.15, -0.1) is 0 Å². The number of phenolic OH excluding ortho intramolecular Hbond substituents is 1. The lowest BCUT2D eigenvalue weighted by atomic mass is 9.87. The summed E-state index contributed by atoms with van der Waals surface area (Å²) in [4.78, 5) is 0. The van der Waals surface area contributed by atoms with E-state index in [1.165, 1.54) is 5.56 Å². The Morgan fingerprint density at radius 1 is 1.11 bits per heavy atom. The largest absolute Gasteiger partial charge is 0.507 e. The van der Waals surface area contributed by atoms with Crippen molar-refractivity contribution in [1.29, 1.82) is 0 Å². The number of benzene rings is 2. The van der Waals surface area contributed by atoms with Gasteiger partial charge in [0, 0.05) is 12.1 Å². The molecule has 0 fully saturated rings. The van der Waals surface area contributed by atoms with E-state index in [1.54, 1.807) is 6.07 Å². The summed E-state index contributed by atoms with van der Waals surface area (Å²) in [5.41, 5.74) is 10.0. The van der Waals surface area contributed by atoms with Gasteiger partial charge in [-0.05, 0) is 35.1 Å². The van der Waals surface area contributed by atoms with Crippen molar-refractivity contribution in [3.8, 4) is 16.9 Å². The highest BCUT2D eigenvalue weighted by atomic mass is 16.3. The zero-order valence-corrected chi connectivity index (χ0v) is 11.6. The minimum atomic E-state index is 0.332. The molecule has 0 radical (unpaired) electrons. The molecule has 2 heteroatoms. The summed E-state index contributed by atoms with van der Waals surface area (Å²) in [5.74, 6) is 0.742. The van der Waals surface area contributed by atoms with Gasteiger partial charge in [0.2, 0.25) is 0 Å². The van der Waals surface area contributed by atoms with Gasteiger partial charge in [-0.1, -0.05) is 50.2 Å². The molecule has 0 spiro atoms. The third-order valence-corrected chi connectivity index (χ3v) is 3.72. The zero-order valence-electron chi connectivity index (χ0n) is 11.6. The first kappa shape index (κ1) is 13.6. The predicted octanol–water partition coefficient (Wildman–Crippen LogP) is 4.03. The molecule has 0 saturated carbocycles. The average Bonchev–Trinajstić information content (AvgIpc) is 2.46. The van der Waals surface area contributed by atoms with Crippen molar-refractivity contribution in [2.75, 3.05) is 0 Å². The normalized spacial score (nSPS) is 12.4. The smallest absolute Gasteiger partial charge is 0.123 e. The van der Waals surface area contributed by atoms with Crippen LogP contribution in [0.1, 0.15) is 37.3 Å². The van der Waals surface area contributed by atoms with Crippen LogP contribution in [0, 0.1) is 0 Å². The minimum Gasteiger partial charge on any atom is -0.507 e. The van der Waals surface area contributed by atoms with Crippen molar-refractivity contribution in [2.45, 2.75) is 32.7 Å². The zero-order chi connectivity index (χ0) is 13.8. The summed E-state index contributed by atoms with van der Waals surface area (Å²) in [6.45, 7) is 4.82. The predicted molar refractivity (Wildman–Crippen MR) is 80.1 cm³/mol. The Morgan fingerprint density at radius 3 is 2.53 bits per heavy atom. The molecule has 0 aliphatic rings. The van der Waals surface area contributed by atoms with Crippen molar-refractivity contribution < 1.29 is 5.11 Å². The quantitative estimate of drug-likeness (QED) is 0.866. The number of aromatic hydroxyl groups is 1. The molecule has 0 aliphatic carbocycles. The van der Waals surface area contributed by atoms with Crippen LogP contribution in [0.15, 0.2) is 42.5 Å². The molecule has 2 aromatic rings. The van der Waals surface area contributed by atoms with Crippen molar-refractivity contribution in [3.05, 3.63) is 53.6 Å². The van der Waals surface area contributed by atoms with Crippen LogP contribution in [-0.2, 0) is 6.54 Å². The molecular weight excluding hydrogens is 234 g/mol. The van der Waals surface area contributed by atoms with Crippen molar-refractivity contribution >= 4 is 0 Å². The number of hydrogen-bond acceptors (Lipinski definition) is 2. The second kappa shape index (κ2) is 5.89. The molecule has 3 N–H and O–H groups in total. The van der Waals surface area contributed by atoms with Crippen molar-refractivity contribution in [2.24, 2.45) is 5.73 Å². The summed E-state index contributed by atoms with van der Waals surface area (Å²) in [7, 11) is 0. The Balaban J connectivity index is 2.67. The molecule has 0 saturated heterocycles. The average molecular weight is 255 g/mol. The minimum absolute atomic E-state index is 0.332. The fraction of sp³-hybridized carbons (Fsp3) is 0.294. The van der Waals surface area contributed by atoms with E-state index < -0.39 is 0 Å². The molecule has 0 aromatic heterocycles. The van der Waals surface area contributed by atoms with Gasteiger partial charge in [-0.2, -0.15) is 0 Å². The third-order valence-electron chi connectivity index (χ3n) is 3.72. The van der Waals surface area contributed by atoms with Crippen LogP contribution in [-0.4, -0.2) is 5.11 Å². The second-order valence-electron chi connectivity index (χ2n) is 4.91. The topological polar surface area (TPSA) is 46.2 Å². The van der Waals surface area contributed by atoms with Crippen LogP contribution in [0.5, 0.6) is 5.75 Å². The lowest BCUT2D eigenvalue weighted by Gasteiger charge is -2.18. The molecule has 0 amide bonds. The summed E-state index contributed by atoms with van der Waals surface area (Å²) < 4.78 is 0. The number of hydrogen-bond donors (Lipinski definition) is 2. The van der Waals surface area contributed by atoms with E-state index in [4.69, 9.17) is 5.73 Å². The molecule has 0 aliphatic heterocycles. The molecule has 1 atom stereocenters. The van der Waals surface area contributed by atoms with Crippen LogP contribution >= 0.6 is 0 Å². The lowest BCUT2D eigenvalue weighted by Crippen LogP contribution is -2.01. The van der Waals surface area contributed by atoms with Crippen LogP contribution < -0.4 is 5.73 Å². The molecule has 19 heavy (non-hydrogen) atoms. The maximum Gasteiger partial charge on any atom is 0.123 e. The Kier molecular flexibility index (Phi) is 4.23. The number of phenols is 1. The first-order chi connectivity index (χ1) is 9.19. The van der Waals surface area contributed by atoms with Gasteiger partial charge >= 0.3 is 0 Å². The monoisotopic (exact) mass is 255 g/mol. The molecule has 2 rings (SSSR count). The van der Waals surface area contributed by atoms with Gasteiger partial charge in [0.05, 0.1) is 0 Å². The Bertz CT molecular complexity index is 563. The molecular formula is C17H21NO. The van der Waals surface area contributed by atoms with E-state index in [9.17, 15) is 5.11 Å². The lowest BCUT2D eigenvalue weighted by molar-refractivity contribution is 0.476. The highest BCUT2D eigenvalue weighted by Gasteiger charge is 2.16. The Morgan fingerprint density at radius 2 is 1.84 bits per heavy atom. The fourth-order valence-electron chi connectivity index (χ4n) is 2.42. The number of rotatable bonds is 4. The summed E-state index contributed by atoms with van der Waals surface area (Å²) in [5, 5.41) is 10.3. The first-order valence-electron chi connectivity index (χ1n) is 6.79. The Labute approximate surface area is 114 Å².